The molecule has 0 aliphatic carbocycles. The molecule has 0 saturated carbocycles. The van der Waals surface area contributed by atoms with E-state index < -0.39 is 11.9 Å². The maximum Gasteiger partial charge on any atom is 0.166 e. The monoisotopic (exact) mass is 325 g/mol. The molecule has 0 aliphatic heterocycles. The van der Waals surface area contributed by atoms with Gasteiger partial charge in [0, 0.05) is 10.2 Å². The third-order valence-electron chi connectivity index (χ3n) is 2.59. The largest absolute Gasteiger partial charge is 0.487 e. The van der Waals surface area contributed by atoms with Gasteiger partial charge in [-0.3, -0.25) is 0 Å². The zero-order valence-electron chi connectivity index (χ0n) is 10.0. The van der Waals surface area contributed by atoms with Gasteiger partial charge < -0.3 is 15.6 Å². The van der Waals surface area contributed by atoms with Gasteiger partial charge in [0.1, 0.15) is 12.7 Å². The number of halogens is 2. The maximum atomic E-state index is 13.5. The zero-order chi connectivity index (χ0) is 13.8. The van der Waals surface area contributed by atoms with Crippen molar-refractivity contribution in [2.24, 2.45) is 0 Å². The molecule has 0 aromatic heterocycles. The van der Waals surface area contributed by atoms with E-state index in [1.165, 1.54) is 12.1 Å². The van der Waals surface area contributed by atoms with Gasteiger partial charge in [-0.05, 0) is 35.9 Å². The summed E-state index contributed by atoms with van der Waals surface area (Å²) in [5, 5.41) is 9.94. The first-order valence-electron chi connectivity index (χ1n) is 5.67. The molecular weight excluding hydrogens is 313 g/mol. The first-order chi connectivity index (χ1) is 9.06. The molecule has 2 aromatic rings. The van der Waals surface area contributed by atoms with E-state index in [0.717, 1.165) is 0 Å². The summed E-state index contributed by atoms with van der Waals surface area (Å²) in [4.78, 5) is 0. The summed E-state index contributed by atoms with van der Waals surface area (Å²) >= 11 is 3.16. The van der Waals surface area contributed by atoms with Crippen molar-refractivity contribution in [2.75, 3.05) is 12.3 Å². The van der Waals surface area contributed by atoms with E-state index in [4.69, 9.17) is 10.5 Å². The molecule has 0 radical (unpaired) electrons. The smallest absolute Gasteiger partial charge is 0.166 e. The van der Waals surface area contributed by atoms with Crippen LogP contribution in [-0.4, -0.2) is 11.7 Å². The highest BCUT2D eigenvalue weighted by molar-refractivity contribution is 9.10. The van der Waals surface area contributed by atoms with E-state index in [1.54, 1.807) is 30.3 Å². The number of benzene rings is 2. The van der Waals surface area contributed by atoms with Gasteiger partial charge in [0.2, 0.25) is 0 Å². The summed E-state index contributed by atoms with van der Waals surface area (Å²) in [5.74, 6) is -0.375. The van der Waals surface area contributed by atoms with E-state index >= 15 is 0 Å². The van der Waals surface area contributed by atoms with Crippen LogP contribution in [0.4, 0.5) is 10.1 Å². The second kappa shape index (κ2) is 6.04. The Balaban J connectivity index is 2.02. The average Bonchev–Trinajstić information content (AvgIpc) is 2.37. The first kappa shape index (κ1) is 13.8. The van der Waals surface area contributed by atoms with Crippen molar-refractivity contribution in [3.05, 3.63) is 58.3 Å². The van der Waals surface area contributed by atoms with Crippen molar-refractivity contribution in [3.63, 3.8) is 0 Å². The van der Waals surface area contributed by atoms with Crippen LogP contribution in [0.3, 0.4) is 0 Å². The Bertz CT molecular complexity index is 577. The lowest BCUT2D eigenvalue weighted by Crippen LogP contribution is -2.10. The molecule has 0 aliphatic rings. The maximum absolute atomic E-state index is 13.5. The van der Waals surface area contributed by atoms with Gasteiger partial charge in [0.15, 0.2) is 11.6 Å². The van der Waals surface area contributed by atoms with Gasteiger partial charge >= 0.3 is 0 Å². The lowest BCUT2D eigenvalue weighted by atomic mass is 10.1. The molecule has 0 amide bonds. The van der Waals surface area contributed by atoms with Gasteiger partial charge in [-0.1, -0.05) is 28.1 Å². The second-order valence-corrected chi connectivity index (χ2v) is 4.99. The molecule has 0 saturated heterocycles. The van der Waals surface area contributed by atoms with Crippen molar-refractivity contribution >= 4 is 21.6 Å². The Labute approximate surface area is 118 Å². The topological polar surface area (TPSA) is 55.5 Å². The number of nitrogen functional groups attached to an aromatic ring is 1. The number of hydrogen-bond acceptors (Lipinski definition) is 3. The number of anilines is 1. The lowest BCUT2D eigenvalue weighted by molar-refractivity contribution is 0.106. The molecule has 0 spiro atoms. The molecule has 2 rings (SSSR count). The van der Waals surface area contributed by atoms with E-state index in [-0.39, 0.29) is 12.4 Å². The number of hydrogen-bond donors (Lipinski definition) is 2. The molecule has 2 aromatic carbocycles. The van der Waals surface area contributed by atoms with Crippen LogP contribution in [0.25, 0.3) is 0 Å². The molecule has 1 unspecified atom stereocenters. The van der Waals surface area contributed by atoms with Crippen LogP contribution >= 0.6 is 15.9 Å². The van der Waals surface area contributed by atoms with Crippen molar-refractivity contribution in [3.8, 4) is 5.75 Å². The Morgan fingerprint density at radius 1 is 1.26 bits per heavy atom. The minimum absolute atomic E-state index is 0.0397. The third-order valence-corrected chi connectivity index (χ3v) is 3.08. The van der Waals surface area contributed by atoms with Crippen molar-refractivity contribution in [1.29, 1.82) is 0 Å². The summed E-state index contributed by atoms with van der Waals surface area (Å²) in [7, 11) is 0. The van der Waals surface area contributed by atoms with Gasteiger partial charge in [0.05, 0.1) is 0 Å². The SMILES string of the molecule is Nc1cccc(C(O)COc2ccc(Br)cc2F)c1. The average molecular weight is 326 g/mol. The molecule has 19 heavy (non-hydrogen) atoms. The quantitative estimate of drug-likeness (QED) is 0.848. The highest BCUT2D eigenvalue weighted by atomic mass is 79.9. The van der Waals surface area contributed by atoms with E-state index in [2.05, 4.69) is 15.9 Å². The van der Waals surface area contributed by atoms with Crippen molar-refractivity contribution < 1.29 is 14.2 Å². The zero-order valence-corrected chi connectivity index (χ0v) is 11.6. The minimum Gasteiger partial charge on any atom is -0.487 e. The second-order valence-electron chi connectivity index (χ2n) is 4.07. The number of ether oxygens (including phenoxy) is 1. The third kappa shape index (κ3) is 3.68. The standard InChI is InChI=1S/C14H13BrFNO2/c15-10-4-5-14(12(16)7-10)19-8-13(18)9-2-1-3-11(17)6-9/h1-7,13,18H,8,17H2. The summed E-state index contributed by atoms with van der Waals surface area (Å²) < 4.78 is 19.4. The fourth-order valence-corrected chi connectivity index (χ4v) is 1.96. The minimum atomic E-state index is -0.855. The summed E-state index contributed by atoms with van der Waals surface area (Å²) in [6.45, 7) is -0.0397. The number of aliphatic hydroxyl groups excluding tert-OH is 1. The van der Waals surface area contributed by atoms with Gasteiger partial charge in [-0.15, -0.1) is 0 Å². The van der Waals surface area contributed by atoms with Gasteiger partial charge in [-0.25, -0.2) is 4.39 Å². The van der Waals surface area contributed by atoms with Gasteiger partial charge in [0.25, 0.3) is 0 Å². The normalized spacial score (nSPS) is 12.2. The van der Waals surface area contributed by atoms with E-state index in [0.29, 0.717) is 15.7 Å². The predicted octanol–water partition coefficient (Wildman–Crippen LogP) is 3.28. The lowest BCUT2D eigenvalue weighted by Gasteiger charge is -2.13. The molecular formula is C14H13BrFNO2. The van der Waals surface area contributed by atoms with E-state index in [1.807, 2.05) is 0 Å². The molecule has 5 heteroatoms. The molecule has 0 fully saturated rings. The van der Waals surface area contributed by atoms with Crippen LogP contribution in [0.15, 0.2) is 46.9 Å². The van der Waals surface area contributed by atoms with Crippen LogP contribution < -0.4 is 10.5 Å². The van der Waals surface area contributed by atoms with E-state index in [9.17, 15) is 9.50 Å². The molecule has 100 valence electrons. The van der Waals surface area contributed by atoms with Crippen LogP contribution in [0.1, 0.15) is 11.7 Å². The molecule has 1 atom stereocenters. The van der Waals surface area contributed by atoms with Crippen molar-refractivity contribution in [2.45, 2.75) is 6.10 Å². The molecule has 0 bridgehead atoms. The Kier molecular flexibility index (Phi) is 4.39. The Hall–Kier alpha value is -1.59. The van der Waals surface area contributed by atoms with Gasteiger partial charge in [-0.2, -0.15) is 0 Å². The summed E-state index contributed by atoms with van der Waals surface area (Å²) in [6, 6.07) is 11.4. The highest BCUT2D eigenvalue weighted by Gasteiger charge is 2.11. The van der Waals surface area contributed by atoms with Crippen LogP contribution in [0, 0.1) is 5.82 Å². The molecule has 3 N–H and O–H groups in total. The molecule has 3 nitrogen and oxygen atoms in total. The van der Waals surface area contributed by atoms with Crippen LogP contribution in [-0.2, 0) is 0 Å². The highest BCUT2D eigenvalue weighted by Crippen LogP contribution is 2.23. The Morgan fingerprint density at radius 2 is 2.05 bits per heavy atom. The number of rotatable bonds is 4. The fourth-order valence-electron chi connectivity index (χ4n) is 1.62. The number of nitrogens with two attached hydrogens (primary N) is 1. The van der Waals surface area contributed by atoms with Crippen LogP contribution in [0.5, 0.6) is 5.75 Å². The predicted molar refractivity (Wildman–Crippen MR) is 75.4 cm³/mol. The van der Waals surface area contributed by atoms with Crippen molar-refractivity contribution in [1.82, 2.24) is 0 Å². The summed E-state index contributed by atoms with van der Waals surface area (Å²) in [6.07, 6.45) is -0.855. The summed E-state index contributed by atoms with van der Waals surface area (Å²) in [5.41, 5.74) is 6.83. The first-order valence-corrected chi connectivity index (χ1v) is 6.47. The molecule has 0 heterocycles. The van der Waals surface area contributed by atoms with Crippen LogP contribution in [0.2, 0.25) is 0 Å². The Morgan fingerprint density at radius 3 is 2.74 bits per heavy atom. The number of aliphatic hydroxyl groups is 1. The fraction of sp³-hybridized carbons (Fsp3) is 0.143.